The van der Waals surface area contributed by atoms with E-state index in [4.69, 9.17) is 5.73 Å². The minimum absolute atomic E-state index is 0. The lowest BCUT2D eigenvalue weighted by molar-refractivity contribution is 0.966. The second-order valence-electron chi connectivity index (χ2n) is 2.65. The molecule has 0 aliphatic heterocycles. The average Bonchev–Trinajstić information content (AvgIpc) is 2.58. The predicted octanol–water partition coefficient (Wildman–Crippen LogP) is 1.05. The summed E-state index contributed by atoms with van der Waals surface area (Å²) in [5, 5.41) is 6.77. The van der Waals surface area contributed by atoms with Crippen LogP contribution < -0.4 is 11.1 Å². The van der Waals surface area contributed by atoms with E-state index in [-0.39, 0.29) is 24.0 Å². The first-order valence-electron chi connectivity index (χ1n) is 4.16. The summed E-state index contributed by atoms with van der Waals surface area (Å²) in [5.74, 6) is 0.415. The number of hydrogen-bond acceptors (Lipinski definition) is 4. The quantitative estimate of drug-likeness (QED) is 0.372. The number of aromatic nitrogens is 2. The zero-order valence-electron chi connectivity index (χ0n) is 8.43. The molecule has 0 aliphatic rings. The van der Waals surface area contributed by atoms with Crippen LogP contribution in [-0.4, -0.2) is 22.1 Å². The summed E-state index contributed by atoms with van der Waals surface area (Å²) in [7, 11) is 0. The highest BCUT2D eigenvalue weighted by molar-refractivity contribution is 14.0. The molecule has 7 heteroatoms. The van der Waals surface area contributed by atoms with Crippen molar-refractivity contribution in [2.75, 3.05) is 6.54 Å². The fourth-order valence-corrected chi connectivity index (χ4v) is 1.34. The maximum atomic E-state index is 5.58. The molecule has 5 nitrogen and oxygen atoms in total. The Morgan fingerprint density at radius 3 is 3.00 bits per heavy atom. The molecular weight excluding hydrogens is 325 g/mol. The number of rotatable bonds is 4. The first-order valence-corrected chi connectivity index (χ1v) is 4.94. The highest BCUT2D eigenvalue weighted by atomic mass is 127. The Morgan fingerprint density at radius 1 is 1.73 bits per heavy atom. The predicted molar refractivity (Wildman–Crippen MR) is 73.6 cm³/mol. The molecule has 15 heavy (non-hydrogen) atoms. The fourth-order valence-electron chi connectivity index (χ4n) is 0.786. The van der Waals surface area contributed by atoms with Crippen LogP contribution in [0.4, 0.5) is 0 Å². The minimum Gasteiger partial charge on any atom is -0.370 e. The van der Waals surface area contributed by atoms with Crippen molar-refractivity contribution in [1.82, 2.24) is 14.9 Å². The summed E-state index contributed by atoms with van der Waals surface area (Å²) >= 11 is 1.34. The molecule has 0 saturated carbocycles. The molecule has 0 saturated heterocycles. The Balaban J connectivity index is 0.00000196. The minimum atomic E-state index is 0. The van der Waals surface area contributed by atoms with Crippen LogP contribution in [0, 0.1) is 6.92 Å². The van der Waals surface area contributed by atoms with Gasteiger partial charge in [-0.15, -0.1) is 35.7 Å². The van der Waals surface area contributed by atoms with Crippen LogP contribution in [0.3, 0.4) is 0 Å². The van der Waals surface area contributed by atoms with Gasteiger partial charge in [0.2, 0.25) is 0 Å². The molecule has 1 heterocycles. The monoisotopic (exact) mass is 339 g/mol. The van der Waals surface area contributed by atoms with Crippen molar-refractivity contribution in [3.8, 4) is 0 Å². The molecule has 1 aromatic rings. The van der Waals surface area contributed by atoms with Gasteiger partial charge in [0, 0.05) is 6.54 Å². The number of aliphatic imine (C=N–C) groups is 1. The lowest BCUT2D eigenvalue weighted by atomic mass is 10.4. The molecular formula is C8H14IN5S. The second kappa shape index (κ2) is 7.57. The van der Waals surface area contributed by atoms with E-state index in [1.54, 1.807) is 6.08 Å². The van der Waals surface area contributed by atoms with Gasteiger partial charge in [0.25, 0.3) is 0 Å². The Morgan fingerprint density at radius 2 is 2.47 bits per heavy atom. The van der Waals surface area contributed by atoms with Crippen LogP contribution in [0.25, 0.3) is 0 Å². The number of aryl methyl sites for hydroxylation is 1. The van der Waals surface area contributed by atoms with Crippen LogP contribution in [0.15, 0.2) is 17.6 Å². The molecule has 0 spiro atoms. The van der Waals surface area contributed by atoms with Crippen molar-refractivity contribution in [1.29, 1.82) is 0 Å². The molecule has 0 aliphatic carbocycles. The Labute approximate surface area is 110 Å². The van der Waals surface area contributed by atoms with Gasteiger partial charge in [0.05, 0.1) is 17.1 Å². The van der Waals surface area contributed by atoms with Crippen molar-refractivity contribution >= 4 is 41.5 Å². The zero-order chi connectivity index (χ0) is 10.4. The molecule has 0 atom stereocenters. The van der Waals surface area contributed by atoms with E-state index >= 15 is 0 Å². The molecule has 3 N–H and O–H groups in total. The van der Waals surface area contributed by atoms with Crippen molar-refractivity contribution in [2.24, 2.45) is 10.7 Å². The smallest absolute Gasteiger partial charge is 0.189 e. The summed E-state index contributed by atoms with van der Waals surface area (Å²) in [6, 6.07) is 0. The van der Waals surface area contributed by atoms with Crippen LogP contribution in [0.1, 0.15) is 10.6 Å². The van der Waals surface area contributed by atoms with Crippen LogP contribution >= 0.6 is 35.5 Å². The van der Waals surface area contributed by atoms with Gasteiger partial charge in [0.15, 0.2) is 5.96 Å². The van der Waals surface area contributed by atoms with Crippen molar-refractivity contribution in [2.45, 2.75) is 13.5 Å². The SMILES string of the molecule is C=CCNC(N)=NCc1snnc1C.I. The summed E-state index contributed by atoms with van der Waals surface area (Å²) in [4.78, 5) is 5.17. The number of nitrogens with one attached hydrogen (secondary N) is 1. The largest absolute Gasteiger partial charge is 0.370 e. The number of nitrogens with two attached hydrogens (primary N) is 1. The van der Waals surface area contributed by atoms with E-state index in [2.05, 4.69) is 26.5 Å². The van der Waals surface area contributed by atoms with E-state index < -0.39 is 0 Å². The number of hydrogen-bond donors (Lipinski definition) is 2. The number of nitrogens with zero attached hydrogens (tertiary/aromatic N) is 3. The summed E-state index contributed by atoms with van der Waals surface area (Å²) in [6.07, 6.45) is 1.72. The van der Waals surface area contributed by atoms with E-state index in [0.717, 1.165) is 10.6 Å². The molecule has 0 radical (unpaired) electrons. The van der Waals surface area contributed by atoms with E-state index in [9.17, 15) is 0 Å². The highest BCUT2D eigenvalue weighted by Crippen LogP contribution is 2.09. The van der Waals surface area contributed by atoms with Crippen molar-refractivity contribution in [3.63, 3.8) is 0 Å². The molecule has 0 amide bonds. The lowest BCUT2D eigenvalue weighted by Gasteiger charge is -2.00. The molecule has 0 bridgehead atoms. The summed E-state index contributed by atoms with van der Waals surface area (Å²) in [6.45, 7) is 6.62. The average molecular weight is 339 g/mol. The van der Waals surface area contributed by atoms with Gasteiger partial charge in [-0.1, -0.05) is 10.6 Å². The van der Waals surface area contributed by atoms with Gasteiger partial charge in [0.1, 0.15) is 0 Å². The summed E-state index contributed by atoms with van der Waals surface area (Å²) < 4.78 is 3.81. The van der Waals surface area contributed by atoms with Gasteiger partial charge >= 0.3 is 0 Å². The van der Waals surface area contributed by atoms with Gasteiger partial charge in [-0.2, -0.15) is 0 Å². The normalized spacial score (nSPS) is 10.6. The van der Waals surface area contributed by atoms with Gasteiger partial charge in [-0.05, 0) is 18.5 Å². The van der Waals surface area contributed by atoms with Gasteiger partial charge in [-0.25, -0.2) is 4.99 Å². The molecule has 0 aromatic carbocycles. The standard InChI is InChI=1S/C8H13N5S.HI/c1-3-4-10-8(9)11-5-7-6(2)12-13-14-7;/h3H,1,4-5H2,2H3,(H3,9,10,11);1H. The topological polar surface area (TPSA) is 76.2 Å². The van der Waals surface area contributed by atoms with Crippen molar-refractivity contribution < 1.29 is 0 Å². The number of guanidine groups is 1. The third-order valence-corrected chi connectivity index (χ3v) is 2.37. The Kier molecular flexibility index (Phi) is 7.22. The van der Waals surface area contributed by atoms with Crippen LogP contribution in [0.2, 0.25) is 0 Å². The van der Waals surface area contributed by atoms with Crippen LogP contribution in [0.5, 0.6) is 0 Å². The Bertz CT molecular complexity index is 336. The first kappa shape index (κ1) is 14.3. The van der Waals surface area contributed by atoms with Crippen LogP contribution in [-0.2, 0) is 6.54 Å². The second-order valence-corrected chi connectivity index (χ2v) is 3.49. The molecule has 84 valence electrons. The Hall–Kier alpha value is -0.700. The molecule has 0 fully saturated rings. The van der Waals surface area contributed by atoms with E-state index in [0.29, 0.717) is 19.0 Å². The lowest BCUT2D eigenvalue weighted by Crippen LogP contribution is -2.31. The molecule has 0 unspecified atom stereocenters. The number of halogens is 1. The maximum absolute atomic E-state index is 5.58. The van der Waals surface area contributed by atoms with Gasteiger partial charge < -0.3 is 11.1 Å². The summed E-state index contributed by atoms with van der Waals surface area (Å²) in [5.41, 5.74) is 6.49. The van der Waals surface area contributed by atoms with Gasteiger partial charge in [-0.3, -0.25) is 0 Å². The fraction of sp³-hybridized carbons (Fsp3) is 0.375. The zero-order valence-corrected chi connectivity index (χ0v) is 11.6. The third-order valence-electron chi connectivity index (χ3n) is 1.57. The maximum Gasteiger partial charge on any atom is 0.189 e. The molecule has 1 rings (SSSR count). The van der Waals surface area contributed by atoms with Crippen molar-refractivity contribution in [3.05, 3.63) is 23.2 Å². The highest BCUT2D eigenvalue weighted by Gasteiger charge is 2.01. The molecule has 1 aromatic heterocycles. The first-order chi connectivity index (χ1) is 6.74. The van der Waals surface area contributed by atoms with E-state index in [1.165, 1.54) is 11.5 Å². The van der Waals surface area contributed by atoms with E-state index in [1.807, 2.05) is 6.92 Å². The third kappa shape index (κ3) is 5.07.